The Kier molecular flexibility index (Phi) is 12.0. The lowest BCUT2D eigenvalue weighted by atomic mass is 9.79. The second kappa shape index (κ2) is 16.9. The van der Waals surface area contributed by atoms with Crippen LogP contribution in [0.4, 0.5) is 11.4 Å². The number of amides is 2. The number of rotatable bonds is 11. The minimum absolute atomic E-state index is 0.187. The van der Waals surface area contributed by atoms with Gasteiger partial charge < -0.3 is 30.0 Å². The molecule has 4 N–H and O–H groups in total. The van der Waals surface area contributed by atoms with Crippen molar-refractivity contribution in [2.45, 2.75) is 83.8 Å². The van der Waals surface area contributed by atoms with Crippen LogP contribution in [0.15, 0.2) is 48.0 Å². The highest BCUT2D eigenvalue weighted by Gasteiger charge is 2.29. The van der Waals surface area contributed by atoms with E-state index in [9.17, 15) is 24.6 Å². The molecule has 12 nitrogen and oxygen atoms in total. The molecule has 3 aliphatic rings. The van der Waals surface area contributed by atoms with Gasteiger partial charge in [-0.25, -0.2) is 9.97 Å². The summed E-state index contributed by atoms with van der Waals surface area (Å²) in [5, 5.41) is 25.6. The van der Waals surface area contributed by atoms with Gasteiger partial charge in [-0.2, -0.15) is 0 Å². The minimum atomic E-state index is -0.664. The average molecular weight is 803 g/mol. The number of aliphatic carboxylic acids is 1. The smallest absolute Gasteiger partial charge is 0.306 e. The summed E-state index contributed by atoms with van der Waals surface area (Å²) in [6, 6.07) is 10.6. The topological polar surface area (TPSA) is 155 Å². The number of imidazole rings is 2. The second-order valence-corrected chi connectivity index (χ2v) is 16.3. The van der Waals surface area contributed by atoms with E-state index in [1.807, 2.05) is 35.4 Å². The third-order valence-electron chi connectivity index (χ3n) is 11.7. The number of carboxylic acid groups (broad SMARTS) is 1. The molecule has 0 saturated heterocycles. The summed E-state index contributed by atoms with van der Waals surface area (Å²) in [4.78, 5) is 50.1. The molecule has 3 heterocycles. The molecule has 1 saturated carbocycles. The number of hydrogen-bond acceptors (Lipinski definition) is 7. The predicted molar refractivity (Wildman–Crippen MR) is 217 cm³/mol. The van der Waals surface area contributed by atoms with Gasteiger partial charge in [0.15, 0.2) is 11.6 Å². The third-order valence-corrected chi connectivity index (χ3v) is 12.5. The average Bonchev–Trinajstić information content (AvgIpc) is 3.58. The van der Waals surface area contributed by atoms with Crippen molar-refractivity contribution in [3.8, 4) is 11.1 Å². The van der Waals surface area contributed by atoms with Gasteiger partial charge in [0.05, 0.1) is 44.8 Å². The molecule has 14 heteroatoms. The number of nitrogens with one attached hydrogen (secondary N) is 2. The van der Waals surface area contributed by atoms with Crippen molar-refractivity contribution in [3.63, 3.8) is 0 Å². The molecule has 1 fully saturated rings. The molecule has 2 aliphatic carbocycles. The lowest BCUT2D eigenvalue weighted by molar-refractivity contribution is -0.143. The molecule has 1 atom stereocenters. The molecule has 1 aliphatic heterocycles. The van der Waals surface area contributed by atoms with Crippen LogP contribution >= 0.6 is 23.2 Å². The maximum atomic E-state index is 13.7. The minimum Gasteiger partial charge on any atom is -0.481 e. The highest BCUT2D eigenvalue weighted by atomic mass is 35.5. The highest BCUT2D eigenvalue weighted by Crippen LogP contribution is 2.41. The molecule has 4 aromatic rings. The van der Waals surface area contributed by atoms with Crippen LogP contribution in [-0.2, 0) is 44.7 Å². The van der Waals surface area contributed by atoms with Crippen molar-refractivity contribution in [1.82, 2.24) is 24.0 Å². The number of carbonyl (C=O) groups excluding carboxylic acids is 2. The normalized spacial score (nSPS) is 19.0. The zero-order valence-corrected chi connectivity index (χ0v) is 33.6. The number of aliphatic hydroxyl groups excluding tert-OH is 1. The molecule has 0 spiro atoms. The molecule has 296 valence electrons. The molecule has 2 aromatic carbocycles. The first kappa shape index (κ1) is 39.7. The van der Waals surface area contributed by atoms with Gasteiger partial charge in [-0.1, -0.05) is 59.1 Å². The maximum absolute atomic E-state index is 13.7. The lowest BCUT2D eigenvalue weighted by Crippen LogP contribution is -2.36. The van der Waals surface area contributed by atoms with Gasteiger partial charge >= 0.3 is 5.97 Å². The van der Waals surface area contributed by atoms with E-state index in [4.69, 9.17) is 28.2 Å². The van der Waals surface area contributed by atoms with Gasteiger partial charge in [-0.3, -0.25) is 19.3 Å². The summed E-state index contributed by atoms with van der Waals surface area (Å²) in [7, 11) is 3.70. The van der Waals surface area contributed by atoms with E-state index in [1.54, 1.807) is 31.2 Å². The number of benzene rings is 2. The fourth-order valence-corrected chi connectivity index (χ4v) is 9.10. The van der Waals surface area contributed by atoms with E-state index < -0.39 is 18.0 Å². The van der Waals surface area contributed by atoms with Crippen molar-refractivity contribution < 1.29 is 24.6 Å². The van der Waals surface area contributed by atoms with Crippen molar-refractivity contribution in [2.24, 2.45) is 25.9 Å². The van der Waals surface area contributed by atoms with Gasteiger partial charge in [-0.15, -0.1) is 0 Å². The number of aliphatic hydroxyl groups is 1. The number of allylic oxidation sites excluding steroid dienone is 2. The quantitative estimate of drug-likeness (QED) is 0.114. The number of hydrogen-bond donors (Lipinski definition) is 4. The van der Waals surface area contributed by atoms with Crippen molar-refractivity contribution in [2.75, 3.05) is 23.7 Å². The van der Waals surface area contributed by atoms with E-state index in [0.717, 1.165) is 87.1 Å². The Morgan fingerprint density at radius 2 is 1.41 bits per heavy atom. The number of halogens is 2. The molecule has 2 amide bonds. The first-order chi connectivity index (χ1) is 26.9. The lowest BCUT2D eigenvalue weighted by Gasteiger charge is -2.27. The number of fused-ring (bicyclic) bond motifs is 2. The number of aromatic nitrogens is 4. The number of anilines is 2. The summed E-state index contributed by atoms with van der Waals surface area (Å²) in [6.07, 6.45) is 10.5. The largest absolute Gasteiger partial charge is 0.481 e. The number of nitrogens with zero attached hydrogens (tertiary/aromatic N) is 5. The Bertz CT molecular complexity index is 2180. The molecule has 0 bridgehead atoms. The number of carbonyl (C=O) groups is 3. The summed E-state index contributed by atoms with van der Waals surface area (Å²) in [6.45, 7) is 3.64. The molecule has 0 unspecified atom stereocenters. The monoisotopic (exact) mass is 801 g/mol. The Hall–Kier alpha value is -4.49. The zero-order chi connectivity index (χ0) is 39.7. The second-order valence-electron chi connectivity index (χ2n) is 15.5. The SMILES string of the molecule is C[C@@H](O)CN1CCc2c(nc(C(=O)Nc3cccc(-c4cccc(NC(=O)c5nc6c(n5C)CCC(CC[C@H]5CC[C@H](C(=O)O)CC5)=CC6)c4Cl)c3Cl)n2C)C1. The van der Waals surface area contributed by atoms with Gasteiger partial charge in [-0.05, 0) is 76.3 Å². The Balaban J connectivity index is 1.01. The van der Waals surface area contributed by atoms with Crippen LogP contribution in [0.3, 0.4) is 0 Å². The Labute approximate surface area is 336 Å². The van der Waals surface area contributed by atoms with Crippen LogP contribution in [0.5, 0.6) is 0 Å². The van der Waals surface area contributed by atoms with E-state index in [2.05, 4.69) is 26.6 Å². The van der Waals surface area contributed by atoms with Gasteiger partial charge in [0, 0.05) is 69.1 Å². The van der Waals surface area contributed by atoms with E-state index >= 15 is 0 Å². The maximum Gasteiger partial charge on any atom is 0.306 e. The van der Waals surface area contributed by atoms with Crippen LogP contribution in [0.1, 0.15) is 95.9 Å². The fourth-order valence-electron chi connectivity index (χ4n) is 8.55. The van der Waals surface area contributed by atoms with E-state index in [1.165, 1.54) is 5.57 Å². The van der Waals surface area contributed by atoms with Crippen molar-refractivity contribution >= 4 is 52.4 Å². The number of carboxylic acids is 1. The highest BCUT2D eigenvalue weighted by molar-refractivity contribution is 6.40. The molecule has 56 heavy (non-hydrogen) atoms. The van der Waals surface area contributed by atoms with Crippen LogP contribution in [0.2, 0.25) is 10.0 Å². The van der Waals surface area contributed by atoms with E-state index in [0.29, 0.717) is 63.8 Å². The number of β-amino-alcohol motifs (C(OH)–C–C–N with tert-alkyl or cyclic N) is 1. The predicted octanol–water partition coefficient (Wildman–Crippen LogP) is 7.46. The fraction of sp³-hybridized carbons (Fsp3) is 0.452. The first-order valence-electron chi connectivity index (χ1n) is 19.5. The molecular formula is C42H49Cl2N7O5. The van der Waals surface area contributed by atoms with Crippen LogP contribution in [0, 0.1) is 11.8 Å². The standard InChI is InChI=1S/C42H49Cl2N7O5/c1-24(52)22-51-21-20-35-33(23-51)46-39(50(35)3)41(54)48-32-9-5-7-29(37(32)44)28-6-4-8-31(36(28)43)47-40(53)38-45-30-18-14-26(15-19-34(30)49(38)2)11-10-25-12-16-27(17-13-25)42(55)56/h4-9,14,24-25,27,52H,10-13,15-23H2,1-3H3,(H,47,53)(H,48,54)(H,55,56)/t24-,25-,27-/m1/s1. The summed E-state index contributed by atoms with van der Waals surface area (Å²) in [5.74, 6) is -0.468. The van der Waals surface area contributed by atoms with Crippen LogP contribution in [-0.4, -0.2) is 71.2 Å². The van der Waals surface area contributed by atoms with Crippen LogP contribution in [0.25, 0.3) is 11.1 Å². The van der Waals surface area contributed by atoms with Crippen LogP contribution < -0.4 is 10.6 Å². The zero-order valence-electron chi connectivity index (χ0n) is 32.1. The molecule has 0 radical (unpaired) electrons. The van der Waals surface area contributed by atoms with Gasteiger partial charge in [0.2, 0.25) is 0 Å². The van der Waals surface area contributed by atoms with Crippen molar-refractivity contribution in [1.29, 1.82) is 0 Å². The van der Waals surface area contributed by atoms with Crippen molar-refractivity contribution in [3.05, 3.63) is 92.5 Å². The third kappa shape index (κ3) is 8.44. The molecule has 2 aromatic heterocycles. The first-order valence-corrected chi connectivity index (χ1v) is 20.2. The summed E-state index contributed by atoms with van der Waals surface area (Å²) < 4.78 is 3.69. The molecular weight excluding hydrogens is 753 g/mol. The Morgan fingerprint density at radius 3 is 1.98 bits per heavy atom. The molecule has 7 rings (SSSR count). The Morgan fingerprint density at radius 1 is 0.839 bits per heavy atom. The summed E-state index contributed by atoms with van der Waals surface area (Å²) >= 11 is 13.9. The van der Waals surface area contributed by atoms with E-state index in [-0.39, 0.29) is 17.6 Å². The summed E-state index contributed by atoms with van der Waals surface area (Å²) in [5.41, 5.74) is 7.11. The van der Waals surface area contributed by atoms with Gasteiger partial charge in [0.25, 0.3) is 11.8 Å². The van der Waals surface area contributed by atoms with Gasteiger partial charge in [0.1, 0.15) is 0 Å².